The van der Waals surface area contributed by atoms with E-state index in [1.807, 2.05) is 19.1 Å². The van der Waals surface area contributed by atoms with Crippen LogP contribution in [0, 0.1) is 0 Å². The van der Waals surface area contributed by atoms with Crippen LogP contribution in [0.25, 0.3) is 0 Å². The minimum absolute atomic E-state index is 0.170. The lowest BCUT2D eigenvalue weighted by atomic mass is 10.1. The van der Waals surface area contributed by atoms with Crippen LogP contribution < -0.4 is 10.6 Å². The Balaban J connectivity index is 1.96. The van der Waals surface area contributed by atoms with Crippen LogP contribution in [0.5, 0.6) is 0 Å². The van der Waals surface area contributed by atoms with Crippen molar-refractivity contribution in [3.05, 3.63) is 59.5 Å². The summed E-state index contributed by atoms with van der Waals surface area (Å²) in [7, 11) is 0. The number of benzene rings is 1. The molecule has 0 saturated carbocycles. The van der Waals surface area contributed by atoms with Gasteiger partial charge in [-0.2, -0.15) is 13.2 Å². The molecule has 1 heterocycles. The maximum absolute atomic E-state index is 12.8. The fraction of sp³-hybridized carbons (Fsp3) is 0.389. The quantitative estimate of drug-likeness (QED) is 0.585. The normalized spacial score (nSPS) is 12.2. The molecule has 25 heavy (non-hydrogen) atoms. The van der Waals surface area contributed by atoms with Gasteiger partial charge in [-0.05, 0) is 36.2 Å². The van der Waals surface area contributed by atoms with Crippen molar-refractivity contribution >= 4 is 5.96 Å². The number of hydrogen-bond acceptors (Lipinski definition) is 2. The minimum Gasteiger partial charge on any atom is -0.469 e. The largest absolute Gasteiger partial charge is 0.469 e. The number of hydrogen-bond donors (Lipinski definition) is 2. The third-order valence-electron chi connectivity index (χ3n) is 3.46. The first-order valence-corrected chi connectivity index (χ1v) is 8.19. The standard InChI is InChI=1S/C18H22F3N3O/c1-2-9-22-17(23-10-8-16-7-4-11-25-16)24-13-14-5-3-6-15(12-14)18(19,20)21/h3-7,11-12H,2,8-10,13H2,1H3,(H2,22,23,24). The molecule has 0 saturated heterocycles. The molecule has 4 nitrogen and oxygen atoms in total. The van der Waals surface area contributed by atoms with Crippen molar-refractivity contribution in [3.8, 4) is 0 Å². The van der Waals surface area contributed by atoms with Gasteiger partial charge >= 0.3 is 6.18 Å². The Labute approximate surface area is 145 Å². The second kappa shape index (κ2) is 9.15. The van der Waals surface area contributed by atoms with E-state index >= 15 is 0 Å². The van der Waals surface area contributed by atoms with E-state index in [2.05, 4.69) is 15.6 Å². The highest BCUT2D eigenvalue weighted by molar-refractivity contribution is 5.79. The number of nitrogens with one attached hydrogen (secondary N) is 2. The third-order valence-corrected chi connectivity index (χ3v) is 3.46. The number of guanidine groups is 1. The smallest absolute Gasteiger partial charge is 0.416 e. The third kappa shape index (κ3) is 6.52. The molecule has 0 unspecified atom stereocenters. The summed E-state index contributed by atoms with van der Waals surface area (Å²) in [5.41, 5.74) is -0.146. The Morgan fingerprint density at radius 1 is 1.12 bits per heavy atom. The number of alkyl halides is 3. The lowest BCUT2D eigenvalue weighted by molar-refractivity contribution is -0.137. The van der Waals surface area contributed by atoms with Gasteiger partial charge in [-0.3, -0.25) is 0 Å². The average molecular weight is 353 g/mol. The molecule has 2 aromatic rings. The molecule has 0 spiro atoms. The van der Waals surface area contributed by atoms with Gasteiger partial charge in [0.05, 0.1) is 18.4 Å². The van der Waals surface area contributed by atoms with Crippen LogP contribution in [0.3, 0.4) is 0 Å². The zero-order valence-electron chi connectivity index (χ0n) is 14.1. The molecule has 0 radical (unpaired) electrons. The van der Waals surface area contributed by atoms with E-state index in [0.29, 0.717) is 24.5 Å². The highest BCUT2D eigenvalue weighted by Crippen LogP contribution is 2.29. The first-order chi connectivity index (χ1) is 12.0. The summed E-state index contributed by atoms with van der Waals surface area (Å²) in [5, 5.41) is 6.32. The van der Waals surface area contributed by atoms with Gasteiger partial charge in [0.15, 0.2) is 5.96 Å². The Kier molecular flexibility index (Phi) is 6.91. The minimum atomic E-state index is -4.34. The molecule has 136 valence electrons. The van der Waals surface area contributed by atoms with Crippen molar-refractivity contribution in [2.24, 2.45) is 4.99 Å². The number of halogens is 3. The summed E-state index contributed by atoms with van der Waals surface area (Å²) in [4.78, 5) is 4.37. The first-order valence-electron chi connectivity index (χ1n) is 8.19. The van der Waals surface area contributed by atoms with Crippen LogP contribution in [0.2, 0.25) is 0 Å². The predicted octanol–water partition coefficient (Wildman–Crippen LogP) is 3.99. The maximum atomic E-state index is 12.8. The molecule has 0 amide bonds. The summed E-state index contributed by atoms with van der Waals surface area (Å²) in [6, 6.07) is 8.94. The second-order valence-electron chi connectivity index (χ2n) is 5.55. The van der Waals surface area contributed by atoms with Crippen LogP contribution in [-0.2, 0) is 19.1 Å². The van der Waals surface area contributed by atoms with Crippen LogP contribution in [0.15, 0.2) is 52.1 Å². The van der Waals surface area contributed by atoms with Gasteiger partial charge in [-0.25, -0.2) is 4.99 Å². The van der Waals surface area contributed by atoms with E-state index in [1.54, 1.807) is 12.3 Å². The maximum Gasteiger partial charge on any atom is 0.416 e. The summed E-state index contributed by atoms with van der Waals surface area (Å²) in [6.45, 7) is 3.55. The van der Waals surface area contributed by atoms with Crippen molar-refractivity contribution in [1.29, 1.82) is 0 Å². The van der Waals surface area contributed by atoms with E-state index < -0.39 is 11.7 Å². The van der Waals surface area contributed by atoms with Crippen LogP contribution in [-0.4, -0.2) is 19.0 Å². The fourth-order valence-electron chi connectivity index (χ4n) is 2.19. The monoisotopic (exact) mass is 353 g/mol. The fourth-order valence-corrected chi connectivity index (χ4v) is 2.19. The van der Waals surface area contributed by atoms with Gasteiger partial charge in [-0.15, -0.1) is 0 Å². The number of furan rings is 1. The van der Waals surface area contributed by atoms with Gasteiger partial charge in [-0.1, -0.05) is 19.1 Å². The Bertz CT molecular complexity index is 666. The van der Waals surface area contributed by atoms with Crippen molar-refractivity contribution in [1.82, 2.24) is 10.6 Å². The van der Waals surface area contributed by atoms with Crippen molar-refractivity contribution in [2.75, 3.05) is 13.1 Å². The molecule has 7 heteroatoms. The lowest BCUT2D eigenvalue weighted by Crippen LogP contribution is -2.38. The Morgan fingerprint density at radius 2 is 1.92 bits per heavy atom. The summed E-state index contributed by atoms with van der Waals surface area (Å²) in [5.74, 6) is 1.44. The molecule has 0 aliphatic rings. The van der Waals surface area contributed by atoms with E-state index in [-0.39, 0.29) is 6.54 Å². The van der Waals surface area contributed by atoms with Gasteiger partial charge in [0, 0.05) is 19.5 Å². The van der Waals surface area contributed by atoms with Crippen molar-refractivity contribution in [2.45, 2.75) is 32.5 Å². The lowest BCUT2D eigenvalue weighted by Gasteiger charge is -2.12. The summed E-state index contributed by atoms with van der Waals surface area (Å²) < 4.78 is 43.6. The van der Waals surface area contributed by atoms with Crippen molar-refractivity contribution < 1.29 is 17.6 Å². The Morgan fingerprint density at radius 3 is 2.60 bits per heavy atom. The zero-order valence-corrected chi connectivity index (χ0v) is 14.1. The molecule has 0 fully saturated rings. The van der Waals surface area contributed by atoms with Crippen molar-refractivity contribution in [3.63, 3.8) is 0 Å². The number of aliphatic imine (C=N–C) groups is 1. The molecule has 2 rings (SSSR count). The first kappa shape index (κ1) is 18.9. The molecule has 1 aromatic heterocycles. The van der Waals surface area contributed by atoms with E-state index in [0.717, 1.165) is 30.9 Å². The highest BCUT2D eigenvalue weighted by atomic mass is 19.4. The predicted molar refractivity (Wildman–Crippen MR) is 91.3 cm³/mol. The number of rotatable bonds is 7. The average Bonchev–Trinajstić information content (AvgIpc) is 3.09. The molecule has 2 N–H and O–H groups in total. The number of nitrogens with zero attached hydrogens (tertiary/aromatic N) is 1. The van der Waals surface area contributed by atoms with Gasteiger partial charge in [0.1, 0.15) is 5.76 Å². The van der Waals surface area contributed by atoms with E-state index in [9.17, 15) is 13.2 Å². The van der Waals surface area contributed by atoms with Crippen LogP contribution in [0.1, 0.15) is 30.2 Å². The molecule has 0 aliphatic carbocycles. The molecule has 0 atom stereocenters. The van der Waals surface area contributed by atoms with E-state index in [4.69, 9.17) is 4.42 Å². The van der Waals surface area contributed by atoms with Gasteiger partial charge in [0.2, 0.25) is 0 Å². The molecule has 0 bridgehead atoms. The zero-order chi connectivity index (χ0) is 18.1. The highest BCUT2D eigenvalue weighted by Gasteiger charge is 2.30. The summed E-state index contributed by atoms with van der Waals surface area (Å²) >= 11 is 0. The second-order valence-corrected chi connectivity index (χ2v) is 5.55. The van der Waals surface area contributed by atoms with Gasteiger partial charge < -0.3 is 15.1 Å². The van der Waals surface area contributed by atoms with Gasteiger partial charge in [0.25, 0.3) is 0 Å². The Hall–Kier alpha value is -2.44. The van der Waals surface area contributed by atoms with Crippen LogP contribution in [0.4, 0.5) is 13.2 Å². The SMILES string of the molecule is CCCNC(=NCc1cccc(C(F)(F)F)c1)NCCc1ccco1. The molecular weight excluding hydrogens is 331 g/mol. The topological polar surface area (TPSA) is 49.6 Å². The molecule has 1 aromatic carbocycles. The molecule has 0 aliphatic heterocycles. The van der Waals surface area contributed by atoms with Crippen LogP contribution >= 0.6 is 0 Å². The van der Waals surface area contributed by atoms with E-state index in [1.165, 1.54) is 6.07 Å². The molecular formula is C18H22F3N3O. The summed E-state index contributed by atoms with van der Waals surface area (Å²) in [6.07, 6.45) is -1.11.